The van der Waals surface area contributed by atoms with Gasteiger partial charge >= 0.3 is 0 Å². The van der Waals surface area contributed by atoms with Crippen molar-refractivity contribution in [2.45, 2.75) is 6.42 Å². The number of amides is 1. The monoisotopic (exact) mass is 261 g/mol. The Morgan fingerprint density at radius 3 is 2.89 bits per heavy atom. The topological polar surface area (TPSA) is 70.1 Å². The maximum Gasteiger partial charge on any atom is 0.227 e. The summed E-state index contributed by atoms with van der Waals surface area (Å²) in [4.78, 5) is 13.5. The lowest BCUT2D eigenvalue weighted by atomic mass is 10.1. The first-order valence-corrected chi connectivity index (χ1v) is 5.87. The van der Waals surface area contributed by atoms with Gasteiger partial charge in [0.25, 0.3) is 0 Å². The lowest BCUT2D eigenvalue weighted by Gasteiger charge is -2.20. The third-order valence-corrected chi connectivity index (χ3v) is 3.34. The first-order valence-electron chi connectivity index (χ1n) is 5.49. The molecule has 0 aliphatic carbocycles. The molecule has 92 valence electrons. The van der Waals surface area contributed by atoms with E-state index in [9.17, 15) is 4.79 Å². The molecule has 1 unspecified atom stereocenters. The van der Waals surface area contributed by atoms with Crippen LogP contribution in [0.25, 0.3) is 0 Å². The average Bonchev–Trinajstić information content (AvgIpc) is 2.73. The van der Waals surface area contributed by atoms with Crippen molar-refractivity contribution < 1.29 is 4.79 Å². The van der Waals surface area contributed by atoms with Crippen LogP contribution in [0.3, 0.4) is 0 Å². The standard InChI is InChI=1S/C13H12ClN3O/c1-2-8-5-12(18)17(7-8)13-9(6-15)10(14)3-4-11(13)16/h2-4,8H,1,5,7,16H2. The second kappa shape index (κ2) is 4.71. The Balaban J connectivity index is 2.52. The summed E-state index contributed by atoms with van der Waals surface area (Å²) in [5, 5.41) is 9.45. The van der Waals surface area contributed by atoms with E-state index in [1.54, 1.807) is 18.2 Å². The molecular weight excluding hydrogens is 250 g/mol. The number of nitrogens with zero attached hydrogens (tertiary/aromatic N) is 2. The van der Waals surface area contributed by atoms with Crippen molar-refractivity contribution in [1.82, 2.24) is 0 Å². The number of anilines is 2. The van der Waals surface area contributed by atoms with Gasteiger partial charge in [0.2, 0.25) is 5.91 Å². The van der Waals surface area contributed by atoms with Gasteiger partial charge in [0.1, 0.15) is 6.07 Å². The molecular formula is C13H12ClN3O. The van der Waals surface area contributed by atoms with Crippen LogP contribution < -0.4 is 10.6 Å². The molecule has 0 radical (unpaired) electrons. The Morgan fingerprint density at radius 2 is 2.33 bits per heavy atom. The van der Waals surface area contributed by atoms with Gasteiger partial charge in [0.15, 0.2) is 0 Å². The summed E-state index contributed by atoms with van der Waals surface area (Å²) >= 11 is 5.96. The SMILES string of the molecule is C=CC1CC(=O)N(c2c(N)ccc(Cl)c2C#N)C1. The third-order valence-electron chi connectivity index (χ3n) is 3.03. The van der Waals surface area contributed by atoms with Crippen molar-refractivity contribution >= 4 is 28.9 Å². The molecule has 1 fully saturated rings. The predicted molar refractivity (Wildman–Crippen MR) is 71.2 cm³/mol. The Hall–Kier alpha value is -1.99. The first-order chi connectivity index (χ1) is 8.58. The highest BCUT2D eigenvalue weighted by Crippen LogP contribution is 2.36. The van der Waals surface area contributed by atoms with Crippen molar-refractivity contribution in [3.63, 3.8) is 0 Å². The highest BCUT2D eigenvalue weighted by atomic mass is 35.5. The van der Waals surface area contributed by atoms with Gasteiger partial charge in [-0.05, 0) is 12.1 Å². The number of carbonyl (C=O) groups is 1. The van der Waals surface area contributed by atoms with E-state index < -0.39 is 0 Å². The lowest BCUT2D eigenvalue weighted by molar-refractivity contribution is -0.117. The van der Waals surface area contributed by atoms with E-state index in [4.69, 9.17) is 22.6 Å². The molecule has 0 bridgehead atoms. The van der Waals surface area contributed by atoms with Crippen molar-refractivity contribution in [2.75, 3.05) is 17.2 Å². The van der Waals surface area contributed by atoms with Crippen LogP contribution in [0.15, 0.2) is 24.8 Å². The predicted octanol–water partition coefficient (Wildman–Crippen LogP) is 2.33. The van der Waals surface area contributed by atoms with Gasteiger partial charge < -0.3 is 10.6 Å². The van der Waals surface area contributed by atoms with Crippen molar-refractivity contribution in [1.29, 1.82) is 5.26 Å². The number of hydrogen-bond acceptors (Lipinski definition) is 3. The summed E-state index contributed by atoms with van der Waals surface area (Å²) < 4.78 is 0. The molecule has 0 spiro atoms. The number of nitrogens with two attached hydrogens (primary N) is 1. The lowest BCUT2D eigenvalue weighted by Crippen LogP contribution is -2.26. The maximum absolute atomic E-state index is 11.9. The van der Waals surface area contributed by atoms with Crippen LogP contribution in [0, 0.1) is 17.2 Å². The Kier molecular flexibility index (Phi) is 3.26. The van der Waals surface area contributed by atoms with Crippen LogP contribution in [-0.4, -0.2) is 12.5 Å². The van der Waals surface area contributed by atoms with Gasteiger partial charge in [0, 0.05) is 18.9 Å². The first kappa shape index (κ1) is 12.5. The molecule has 1 aromatic carbocycles. The molecule has 1 amide bonds. The minimum Gasteiger partial charge on any atom is -0.397 e. The van der Waals surface area contributed by atoms with E-state index in [0.717, 1.165) is 0 Å². The van der Waals surface area contributed by atoms with E-state index in [1.807, 2.05) is 6.07 Å². The number of benzene rings is 1. The fourth-order valence-corrected chi connectivity index (χ4v) is 2.28. The van der Waals surface area contributed by atoms with Gasteiger partial charge in [-0.15, -0.1) is 6.58 Å². The fourth-order valence-electron chi connectivity index (χ4n) is 2.09. The van der Waals surface area contributed by atoms with Crippen LogP contribution in [0.2, 0.25) is 5.02 Å². The maximum atomic E-state index is 11.9. The Bertz CT molecular complexity index is 562. The van der Waals surface area contributed by atoms with Crippen LogP contribution in [0.1, 0.15) is 12.0 Å². The van der Waals surface area contributed by atoms with E-state index in [1.165, 1.54) is 4.90 Å². The molecule has 4 nitrogen and oxygen atoms in total. The van der Waals surface area contributed by atoms with Crippen LogP contribution in [-0.2, 0) is 4.79 Å². The number of nitrogen functional groups attached to an aromatic ring is 1. The largest absolute Gasteiger partial charge is 0.397 e. The fraction of sp³-hybridized carbons (Fsp3) is 0.231. The molecule has 2 N–H and O–H groups in total. The second-order valence-corrected chi connectivity index (χ2v) is 4.58. The molecule has 1 atom stereocenters. The quantitative estimate of drug-likeness (QED) is 0.656. The molecule has 18 heavy (non-hydrogen) atoms. The van der Waals surface area contributed by atoms with Crippen LogP contribution in [0.5, 0.6) is 0 Å². The van der Waals surface area contributed by atoms with Gasteiger partial charge in [-0.2, -0.15) is 5.26 Å². The van der Waals surface area contributed by atoms with Gasteiger partial charge in [0.05, 0.1) is 22.0 Å². The van der Waals surface area contributed by atoms with Gasteiger partial charge in [-0.1, -0.05) is 17.7 Å². The van der Waals surface area contributed by atoms with Crippen LogP contribution in [0.4, 0.5) is 11.4 Å². The highest BCUT2D eigenvalue weighted by molar-refractivity contribution is 6.32. The smallest absolute Gasteiger partial charge is 0.227 e. The van der Waals surface area contributed by atoms with E-state index in [2.05, 4.69) is 6.58 Å². The van der Waals surface area contributed by atoms with Gasteiger partial charge in [-0.25, -0.2) is 0 Å². The molecule has 1 aliphatic heterocycles. The van der Waals surface area contributed by atoms with Gasteiger partial charge in [-0.3, -0.25) is 4.79 Å². The molecule has 1 aromatic rings. The van der Waals surface area contributed by atoms with Crippen molar-refractivity contribution in [3.05, 3.63) is 35.4 Å². The van der Waals surface area contributed by atoms with E-state index in [0.29, 0.717) is 29.4 Å². The Labute approximate surface area is 110 Å². The number of rotatable bonds is 2. The average molecular weight is 262 g/mol. The second-order valence-electron chi connectivity index (χ2n) is 4.18. The summed E-state index contributed by atoms with van der Waals surface area (Å²) in [6.45, 7) is 4.17. The summed E-state index contributed by atoms with van der Waals surface area (Å²) in [5.41, 5.74) is 6.91. The summed E-state index contributed by atoms with van der Waals surface area (Å²) in [6, 6.07) is 5.17. The highest BCUT2D eigenvalue weighted by Gasteiger charge is 2.32. The molecule has 1 saturated heterocycles. The van der Waals surface area contributed by atoms with E-state index >= 15 is 0 Å². The molecule has 1 heterocycles. The Morgan fingerprint density at radius 1 is 1.61 bits per heavy atom. The van der Waals surface area contributed by atoms with Crippen molar-refractivity contribution in [3.8, 4) is 6.07 Å². The zero-order valence-electron chi connectivity index (χ0n) is 9.69. The molecule has 0 saturated carbocycles. The number of nitriles is 1. The number of halogens is 1. The summed E-state index contributed by atoms with van der Waals surface area (Å²) in [6.07, 6.45) is 2.13. The minimum atomic E-state index is -0.0645. The third kappa shape index (κ3) is 1.93. The van der Waals surface area contributed by atoms with Crippen molar-refractivity contribution in [2.24, 2.45) is 5.92 Å². The molecule has 0 aromatic heterocycles. The zero-order valence-corrected chi connectivity index (χ0v) is 10.4. The molecule has 1 aliphatic rings. The van der Waals surface area contributed by atoms with Crippen LogP contribution >= 0.6 is 11.6 Å². The molecule has 5 heteroatoms. The summed E-state index contributed by atoms with van der Waals surface area (Å²) in [7, 11) is 0. The minimum absolute atomic E-state index is 0.0645. The number of hydrogen-bond donors (Lipinski definition) is 1. The summed E-state index contributed by atoms with van der Waals surface area (Å²) in [5.74, 6) is 0.0211. The normalized spacial score (nSPS) is 18.8. The zero-order chi connectivity index (χ0) is 13.3. The molecule has 2 rings (SSSR count). The van der Waals surface area contributed by atoms with E-state index in [-0.39, 0.29) is 17.4 Å². The number of carbonyl (C=O) groups excluding carboxylic acids is 1.